The summed E-state index contributed by atoms with van der Waals surface area (Å²) in [6, 6.07) is 14.5. The Hall–Kier alpha value is -2.82. The van der Waals surface area contributed by atoms with Crippen molar-refractivity contribution >= 4 is 11.7 Å². The van der Waals surface area contributed by atoms with E-state index in [-0.39, 0.29) is 18.3 Å². The van der Waals surface area contributed by atoms with Crippen molar-refractivity contribution in [3.05, 3.63) is 59.7 Å². The Morgan fingerprint density at radius 1 is 1.04 bits per heavy atom. The van der Waals surface area contributed by atoms with Crippen molar-refractivity contribution in [2.24, 2.45) is 0 Å². The van der Waals surface area contributed by atoms with Gasteiger partial charge < -0.3 is 14.8 Å². The van der Waals surface area contributed by atoms with E-state index in [1.54, 1.807) is 18.2 Å². The van der Waals surface area contributed by atoms with Crippen molar-refractivity contribution in [2.75, 3.05) is 13.7 Å². The van der Waals surface area contributed by atoms with Crippen LogP contribution in [0, 0.1) is 0 Å². The van der Waals surface area contributed by atoms with Crippen molar-refractivity contribution < 1.29 is 19.1 Å². The summed E-state index contributed by atoms with van der Waals surface area (Å²) < 4.78 is 10.7. The molecule has 0 aliphatic heterocycles. The van der Waals surface area contributed by atoms with Crippen molar-refractivity contribution in [3.8, 4) is 11.5 Å². The monoisotopic (exact) mass is 313 g/mol. The fourth-order valence-electron chi connectivity index (χ4n) is 2.00. The summed E-state index contributed by atoms with van der Waals surface area (Å²) in [4.78, 5) is 23.2. The minimum Gasteiger partial charge on any atom is -0.493 e. The number of nitrogens with one attached hydrogen (secondary N) is 1. The molecule has 1 N–H and O–H groups in total. The lowest BCUT2D eigenvalue weighted by atomic mass is 10.1. The third kappa shape index (κ3) is 4.85. The maximum Gasteiger partial charge on any atom is 0.258 e. The van der Waals surface area contributed by atoms with E-state index in [1.807, 2.05) is 30.3 Å². The Balaban J connectivity index is 1.90. The van der Waals surface area contributed by atoms with Crippen LogP contribution >= 0.6 is 0 Å². The highest BCUT2D eigenvalue weighted by atomic mass is 16.5. The van der Waals surface area contributed by atoms with Crippen LogP contribution in [0.5, 0.6) is 11.5 Å². The van der Waals surface area contributed by atoms with Gasteiger partial charge in [-0.3, -0.25) is 9.59 Å². The first-order chi connectivity index (χ1) is 11.1. The Labute approximate surface area is 135 Å². The lowest BCUT2D eigenvalue weighted by Gasteiger charge is -2.11. The molecule has 23 heavy (non-hydrogen) atoms. The molecule has 1 amide bonds. The Morgan fingerprint density at radius 2 is 1.78 bits per heavy atom. The third-order valence-corrected chi connectivity index (χ3v) is 3.26. The molecule has 5 heteroatoms. The molecule has 0 saturated carbocycles. The number of methoxy groups -OCH3 is 1. The average molecular weight is 313 g/mol. The van der Waals surface area contributed by atoms with Crippen LogP contribution in [0.3, 0.4) is 0 Å². The van der Waals surface area contributed by atoms with Crippen molar-refractivity contribution in [1.82, 2.24) is 5.32 Å². The van der Waals surface area contributed by atoms with Crippen molar-refractivity contribution in [2.45, 2.75) is 13.5 Å². The predicted molar refractivity (Wildman–Crippen MR) is 86.8 cm³/mol. The predicted octanol–water partition coefficient (Wildman–Crippen LogP) is 2.59. The summed E-state index contributed by atoms with van der Waals surface area (Å²) in [6.07, 6.45) is 0. The van der Waals surface area contributed by atoms with Gasteiger partial charge in [-0.05, 0) is 30.7 Å². The molecule has 0 spiro atoms. The second-order valence-corrected chi connectivity index (χ2v) is 4.97. The molecule has 2 aromatic rings. The summed E-state index contributed by atoms with van der Waals surface area (Å²) in [5.41, 5.74) is 1.55. The zero-order valence-corrected chi connectivity index (χ0v) is 13.2. The molecule has 0 bridgehead atoms. The van der Waals surface area contributed by atoms with Gasteiger partial charge in [0.2, 0.25) is 0 Å². The number of benzene rings is 2. The number of hydrogen-bond donors (Lipinski definition) is 1. The number of rotatable bonds is 7. The van der Waals surface area contributed by atoms with Crippen LogP contribution in [0.2, 0.25) is 0 Å². The normalized spacial score (nSPS) is 10.0. The number of carbonyl (C=O) groups is 2. The summed E-state index contributed by atoms with van der Waals surface area (Å²) in [5.74, 6) is 0.558. The molecule has 120 valence electrons. The molecule has 5 nitrogen and oxygen atoms in total. The van der Waals surface area contributed by atoms with E-state index in [2.05, 4.69) is 5.32 Å². The highest BCUT2D eigenvalue weighted by molar-refractivity contribution is 5.94. The molecule has 0 aromatic heterocycles. The van der Waals surface area contributed by atoms with Crippen LogP contribution in [0.4, 0.5) is 0 Å². The van der Waals surface area contributed by atoms with Crippen molar-refractivity contribution in [1.29, 1.82) is 0 Å². The molecule has 0 aliphatic carbocycles. The van der Waals surface area contributed by atoms with Gasteiger partial charge in [0.1, 0.15) is 0 Å². The number of hydrogen-bond acceptors (Lipinski definition) is 4. The lowest BCUT2D eigenvalue weighted by molar-refractivity contribution is -0.123. The molecule has 2 rings (SSSR count). The molecule has 0 atom stereocenters. The Bertz CT molecular complexity index is 683. The van der Waals surface area contributed by atoms with Crippen LogP contribution in [0.1, 0.15) is 22.8 Å². The smallest absolute Gasteiger partial charge is 0.258 e. The van der Waals surface area contributed by atoms with E-state index in [1.165, 1.54) is 14.0 Å². The molecule has 0 aliphatic rings. The molecule has 0 unspecified atom stereocenters. The highest BCUT2D eigenvalue weighted by Gasteiger charge is 2.10. The highest BCUT2D eigenvalue weighted by Crippen LogP contribution is 2.28. The minimum absolute atomic E-state index is 0.0598. The van der Waals surface area contributed by atoms with Gasteiger partial charge in [-0.25, -0.2) is 0 Å². The largest absolute Gasteiger partial charge is 0.493 e. The second kappa shape index (κ2) is 7.98. The second-order valence-electron chi connectivity index (χ2n) is 4.97. The van der Waals surface area contributed by atoms with Gasteiger partial charge in [0.15, 0.2) is 23.9 Å². The van der Waals surface area contributed by atoms with E-state index in [4.69, 9.17) is 9.47 Å². The van der Waals surface area contributed by atoms with Gasteiger partial charge >= 0.3 is 0 Å². The van der Waals surface area contributed by atoms with E-state index >= 15 is 0 Å². The zero-order valence-electron chi connectivity index (χ0n) is 13.2. The Kier molecular flexibility index (Phi) is 5.74. The van der Waals surface area contributed by atoms with Gasteiger partial charge in [-0.1, -0.05) is 30.3 Å². The van der Waals surface area contributed by atoms with Crippen LogP contribution in [0.25, 0.3) is 0 Å². The van der Waals surface area contributed by atoms with Crippen molar-refractivity contribution in [3.63, 3.8) is 0 Å². The number of amides is 1. The van der Waals surface area contributed by atoms with Gasteiger partial charge in [0, 0.05) is 12.1 Å². The average Bonchev–Trinajstić information content (AvgIpc) is 2.58. The first kappa shape index (κ1) is 16.5. The van der Waals surface area contributed by atoms with E-state index < -0.39 is 0 Å². The summed E-state index contributed by atoms with van der Waals surface area (Å²) in [5, 5.41) is 2.78. The summed E-state index contributed by atoms with van der Waals surface area (Å²) in [6.45, 7) is 1.80. The molecule has 2 aromatic carbocycles. The van der Waals surface area contributed by atoms with Gasteiger partial charge in [0.05, 0.1) is 7.11 Å². The SMILES string of the molecule is COc1cc(C(C)=O)ccc1OCC(=O)NCc1ccccc1. The van der Waals surface area contributed by atoms with Crippen LogP contribution < -0.4 is 14.8 Å². The zero-order chi connectivity index (χ0) is 16.7. The fraction of sp³-hybridized carbons (Fsp3) is 0.222. The van der Waals surface area contributed by atoms with E-state index in [0.717, 1.165) is 5.56 Å². The molecule has 0 heterocycles. The maximum atomic E-state index is 11.8. The molecular formula is C18H19NO4. The topological polar surface area (TPSA) is 64.6 Å². The maximum absolute atomic E-state index is 11.8. The summed E-state index contributed by atoms with van der Waals surface area (Å²) in [7, 11) is 1.49. The minimum atomic E-state index is -0.230. The van der Waals surface area contributed by atoms with E-state index in [9.17, 15) is 9.59 Å². The van der Waals surface area contributed by atoms with E-state index in [0.29, 0.717) is 23.6 Å². The molecule has 0 fully saturated rings. The lowest BCUT2D eigenvalue weighted by Crippen LogP contribution is -2.28. The standard InChI is InChI=1S/C18H19NO4/c1-13(20)15-8-9-16(17(10-15)22-2)23-12-18(21)19-11-14-6-4-3-5-7-14/h3-10H,11-12H2,1-2H3,(H,19,21). The number of ketones is 1. The van der Waals surface area contributed by atoms with Gasteiger partial charge in [-0.15, -0.1) is 0 Å². The quantitative estimate of drug-likeness (QED) is 0.798. The van der Waals surface area contributed by atoms with Crippen LogP contribution in [-0.2, 0) is 11.3 Å². The fourth-order valence-corrected chi connectivity index (χ4v) is 2.00. The summed E-state index contributed by atoms with van der Waals surface area (Å²) >= 11 is 0. The molecule has 0 saturated heterocycles. The Morgan fingerprint density at radius 3 is 2.43 bits per heavy atom. The first-order valence-corrected chi connectivity index (χ1v) is 7.22. The van der Waals surface area contributed by atoms with Crippen LogP contribution in [-0.4, -0.2) is 25.4 Å². The number of ether oxygens (including phenoxy) is 2. The molecule has 0 radical (unpaired) electrons. The van der Waals surface area contributed by atoms with Crippen LogP contribution in [0.15, 0.2) is 48.5 Å². The first-order valence-electron chi connectivity index (χ1n) is 7.22. The van der Waals surface area contributed by atoms with Gasteiger partial charge in [0.25, 0.3) is 5.91 Å². The number of carbonyl (C=O) groups excluding carboxylic acids is 2. The van der Waals surface area contributed by atoms with Gasteiger partial charge in [-0.2, -0.15) is 0 Å². The number of Topliss-reactive ketones (excluding diaryl/α,β-unsaturated/α-hetero) is 1. The molecular weight excluding hydrogens is 294 g/mol. The third-order valence-electron chi connectivity index (χ3n) is 3.26.